The lowest BCUT2D eigenvalue weighted by molar-refractivity contribution is 0.101. The normalized spacial score (nSPS) is 20.4. The van der Waals surface area contributed by atoms with Crippen LogP contribution in [0.1, 0.15) is 49.0 Å². The van der Waals surface area contributed by atoms with Crippen LogP contribution in [0.5, 0.6) is 0 Å². The highest BCUT2D eigenvalue weighted by molar-refractivity contribution is 5.94. The van der Waals surface area contributed by atoms with Crippen molar-refractivity contribution >= 4 is 11.4 Å². The van der Waals surface area contributed by atoms with Gasteiger partial charge in [-0.1, -0.05) is 37.3 Å². The molecule has 0 saturated heterocycles. The Morgan fingerprint density at radius 3 is 2.50 bits per heavy atom. The average Bonchev–Trinajstić information content (AvgIpc) is 2.30. The van der Waals surface area contributed by atoms with Crippen LogP contribution in [-0.4, -0.2) is 5.78 Å². The van der Waals surface area contributed by atoms with Crippen molar-refractivity contribution < 1.29 is 4.79 Å². The van der Waals surface area contributed by atoms with Gasteiger partial charge in [0.15, 0.2) is 5.78 Å². The van der Waals surface area contributed by atoms with Gasteiger partial charge in [0.2, 0.25) is 0 Å². The van der Waals surface area contributed by atoms with Gasteiger partial charge in [0.25, 0.3) is 0 Å². The fourth-order valence-corrected chi connectivity index (χ4v) is 2.34. The highest BCUT2D eigenvalue weighted by Crippen LogP contribution is 2.32. The summed E-state index contributed by atoms with van der Waals surface area (Å²) in [6.45, 7) is 3.89. The first-order chi connectivity index (χ1) is 7.68. The van der Waals surface area contributed by atoms with Crippen molar-refractivity contribution in [2.45, 2.75) is 33.1 Å². The number of carbonyl (C=O) groups excluding carboxylic acids is 1. The Bertz CT molecular complexity index is 412. The summed E-state index contributed by atoms with van der Waals surface area (Å²) in [4.78, 5) is 11.2. The Morgan fingerprint density at radius 2 is 1.94 bits per heavy atom. The SMILES string of the molecule is CC(=O)c1ccc(C2=CCCCC2C)cc1. The Morgan fingerprint density at radius 1 is 1.25 bits per heavy atom. The number of allylic oxidation sites excluding steroid dienone is 2. The quantitative estimate of drug-likeness (QED) is 0.677. The maximum atomic E-state index is 11.2. The molecule has 84 valence electrons. The summed E-state index contributed by atoms with van der Waals surface area (Å²) in [7, 11) is 0. The van der Waals surface area contributed by atoms with Gasteiger partial charge in [-0.25, -0.2) is 0 Å². The zero-order chi connectivity index (χ0) is 11.5. The van der Waals surface area contributed by atoms with Gasteiger partial charge >= 0.3 is 0 Å². The third-order valence-corrected chi connectivity index (χ3v) is 3.36. The third kappa shape index (κ3) is 2.24. The van der Waals surface area contributed by atoms with E-state index in [-0.39, 0.29) is 5.78 Å². The summed E-state index contributed by atoms with van der Waals surface area (Å²) in [5.74, 6) is 0.786. The Hall–Kier alpha value is -1.37. The van der Waals surface area contributed by atoms with E-state index in [1.165, 1.54) is 30.4 Å². The molecule has 0 aliphatic heterocycles. The van der Waals surface area contributed by atoms with E-state index in [0.29, 0.717) is 5.92 Å². The second-order valence-electron chi connectivity index (χ2n) is 4.62. The highest BCUT2D eigenvalue weighted by Gasteiger charge is 2.14. The molecule has 2 rings (SSSR count). The first kappa shape index (κ1) is 11.1. The van der Waals surface area contributed by atoms with Crippen LogP contribution in [0.2, 0.25) is 0 Å². The third-order valence-electron chi connectivity index (χ3n) is 3.36. The number of carbonyl (C=O) groups is 1. The van der Waals surface area contributed by atoms with E-state index in [2.05, 4.69) is 25.1 Å². The van der Waals surface area contributed by atoms with E-state index in [9.17, 15) is 4.79 Å². The second-order valence-corrected chi connectivity index (χ2v) is 4.62. The molecule has 0 N–H and O–H groups in total. The lowest BCUT2D eigenvalue weighted by Gasteiger charge is -2.20. The predicted octanol–water partition coefficient (Wildman–Crippen LogP) is 4.09. The van der Waals surface area contributed by atoms with Crippen molar-refractivity contribution in [1.29, 1.82) is 0 Å². The molecule has 1 unspecified atom stereocenters. The Labute approximate surface area is 97.2 Å². The van der Waals surface area contributed by atoms with Crippen molar-refractivity contribution in [3.63, 3.8) is 0 Å². The number of rotatable bonds is 2. The van der Waals surface area contributed by atoms with Gasteiger partial charge in [0.1, 0.15) is 0 Å². The van der Waals surface area contributed by atoms with Crippen LogP contribution < -0.4 is 0 Å². The fourth-order valence-electron chi connectivity index (χ4n) is 2.34. The molecule has 1 aliphatic rings. The van der Waals surface area contributed by atoms with Gasteiger partial charge in [-0.2, -0.15) is 0 Å². The molecule has 0 aromatic heterocycles. The minimum atomic E-state index is 0.136. The predicted molar refractivity (Wildman–Crippen MR) is 67.4 cm³/mol. The molecule has 1 atom stereocenters. The van der Waals surface area contributed by atoms with E-state index in [4.69, 9.17) is 0 Å². The molecule has 16 heavy (non-hydrogen) atoms. The fraction of sp³-hybridized carbons (Fsp3) is 0.400. The van der Waals surface area contributed by atoms with Crippen molar-refractivity contribution in [3.05, 3.63) is 41.5 Å². The smallest absolute Gasteiger partial charge is 0.159 e. The van der Waals surface area contributed by atoms with E-state index in [1.807, 2.05) is 12.1 Å². The largest absolute Gasteiger partial charge is 0.295 e. The molecular formula is C15H18O. The van der Waals surface area contributed by atoms with Crippen LogP contribution in [0.15, 0.2) is 30.3 Å². The van der Waals surface area contributed by atoms with Crippen molar-refractivity contribution in [2.75, 3.05) is 0 Å². The summed E-state index contributed by atoms with van der Waals surface area (Å²) >= 11 is 0. The van der Waals surface area contributed by atoms with Crippen LogP contribution >= 0.6 is 0 Å². The summed E-state index contributed by atoms with van der Waals surface area (Å²) in [6.07, 6.45) is 6.11. The number of Topliss-reactive ketones (excluding diaryl/α,β-unsaturated/α-hetero) is 1. The molecule has 0 spiro atoms. The maximum absolute atomic E-state index is 11.2. The molecule has 0 fully saturated rings. The van der Waals surface area contributed by atoms with E-state index in [1.54, 1.807) is 6.92 Å². The lowest BCUT2D eigenvalue weighted by atomic mass is 9.85. The molecule has 1 aromatic carbocycles. The molecule has 1 aromatic rings. The number of hydrogen-bond acceptors (Lipinski definition) is 1. The van der Waals surface area contributed by atoms with Crippen molar-refractivity contribution in [1.82, 2.24) is 0 Å². The number of hydrogen-bond donors (Lipinski definition) is 0. The molecule has 0 bridgehead atoms. The minimum absolute atomic E-state index is 0.136. The van der Waals surface area contributed by atoms with Gasteiger partial charge in [-0.15, -0.1) is 0 Å². The monoisotopic (exact) mass is 214 g/mol. The topological polar surface area (TPSA) is 17.1 Å². The van der Waals surface area contributed by atoms with Crippen LogP contribution in [0.3, 0.4) is 0 Å². The molecule has 1 heteroatoms. The van der Waals surface area contributed by atoms with E-state index in [0.717, 1.165) is 5.56 Å². The molecule has 1 aliphatic carbocycles. The van der Waals surface area contributed by atoms with Gasteiger partial charge in [-0.05, 0) is 43.2 Å². The van der Waals surface area contributed by atoms with Crippen molar-refractivity contribution in [3.8, 4) is 0 Å². The average molecular weight is 214 g/mol. The van der Waals surface area contributed by atoms with Crippen molar-refractivity contribution in [2.24, 2.45) is 5.92 Å². The molecule has 1 nitrogen and oxygen atoms in total. The van der Waals surface area contributed by atoms with Gasteiger partial charge < -0.3 is 0 Å². The second kappa shape index (κ2) is 4.65. The van der Waals surface area contributed by atoms with E-state index >= 15 is 0 Å². The highest BCUT2D eigenvalue weighted by atomic mass is 16.1. The summed E-state index contributed by atoms with van der Waals surface area (Å²) in [5, 5.41) is 0. The first-order valence-corrected chi connectivity index (χ1v) is 6.00. The maximum Gasteiger partial charge on any atom is 0.159 e. The molecule has 0 heterocycles. The molecule has 0 saturated carbocycles. The standard InChI is InChI=1S/C15H18O/c1-11-5-3-4-6-15(11)14-9-7-13(8-10-14)12(2)16/h6-11H,3-5H2,1-2H3. The molecule has 0 amide bonds. The van der Waals surface area contributed by atoms with Crippen LogP contribution in [0.4, 0.5) is 0 Å². The minimum Gasteiger partial charge on any atom is -0.295 e. The van der Waals surface area contributed by atoms with Crippen LogP contribution in [-0.2, 0) is 0 Å². The molecule has 0 radical (unpaired) electrons. The zero-order valence-corrected chi connectivity index (χ0v) is 9.99. The van der Waals surface area contributed by atoms with Gasteiger partial charge in [-0.3, -0.25) is 4.79 Å². The van der Waals surface area contributed by atoms with Crippen LogP contribution in [0, 0.1) is 5.92 Å². The number of ketones is 1. The zero-order valence-electron chi connectivity index (χ0n) is 9.99. The number of benzene rings is 1. The lowest BCUT2D eigenvalue weighted by Crippen LogP contribution is -2.04. The first-order valence-electron chi connectivity index (χ1n) is 6.00. The Kier molecular flexibility index (Phi) is 3.23. The van der Waals surface area contributed by atoms with Crippen LogP contribution in [0.25, 0.3) is 5.57 Å². The summed E-state index contributed by atoms with van der Waals surface area (Å²) < 4.78 is 0. The van der Waals surface area contributed by atoms with Gasteiger partial charge in [0, 0.05) is 5.56 Å². The van der Waals surface area contributed by atoms with E-state index < -0.39 is 0 Å². The molecular weight excluding hydrogens is 196 g/mol. The summed E-state index contributed by atoms with van der Waals surface area (Å²) in [6, 6.07) is 8.01. The summed E-state index contributed by atoms with van der Waals surface area (Å²) in [5.41, 5.74) is 3.52. The van der Waals surface area contributed by atoms with Gasteiger partial charge in [0.05, 0.1) is 0 Å². The Balaban J connectivity index is 2.27.